The smallest absolute Gasteiger partial charge is 0.231 e. The first-order valence-electron chi connectivity index (χ1n) is 6.27. The first-order valence-corrected chi connectivity index (χ1v) is 7.06. The maximum Gasteiger partial charge on any atom is 0.231 e. The largest absolute Gasteiger partial charge is 0.339 e. The van der Waals surface area contributed by atoms with Gasteiger partial charge in [-0.15, -0.1) is 0 Å². The lowest BCUT2D eigenvalue weighted by Crippen LogP contribution is -2.28. The van der Waals surface area contributed by atoms with E-state index in [1.165, 1.54) is 0 Å². The fourth-order valence-electron chi connectivity index (χ4n) is 1.98. The second kappa shape index (κ2) is 6.25. The Hall–Kier alpha value is -1.27. The van der Waals surface area contributed by atoms with Gasteiger partial charge in [-0.2, -0.15) is 4.98 Å². The number of hydrogen-bond acceptors (Lipinski definition) is 5. The second-order valence-corrected chi connectivity index (χ2v) is 5.36. The molecule has 0 aliphatic heterocycles. The third kappa shape index (κ3) is 3.19. The number of rotatable bonds is 5. The zero-order valence-corrected chi connectivity index (χ0v) is 12.8. The minimum Gasteiger partial charge on any atom is -0.339 e. The van der Waals surface area contributed by atoms with Gasteiger partial charge in [-0.25, -0.2) is 0 Å². The molecule has 2 heterocycles. The Morgan fingerprint density at radius 2 is 2.21 bits per heavy atom. The van der Waals surface area contributed by atoms with Gasteiger partial charge in [0.25, 0.3) is 0 Å². The number of pyridine rings is 1. The molecule has 2 aromatic rings. The van der Waals surface area contributed by atoms with Gasteiger partial charge in [-0.05, 0) is 42.4 Å². The van der Waals surface area contributed by atoms with Gasteiger partial charge in [0.1, 0.15) is 0 Å². The normalized spacial score (nSPS) is 14.3. The first kappa shape index (κ1) is 14.1. The monoisotopic (exact) mass is 324 g/mol. The van der Waals surface area contributed by atoms with E-state index in [9.17, 15) is 0 Å². The van der Waals surface area contributed by atoms with Gasteiger partial charge < -0.3 is 9.84 Å². The molecule has 1 N–H and O–H groups in total. The van der Waals surface area contributed by atoms with E-state index in [1.807, 2.05) is 13.1 Å². The van der Waals surface area contributed by atoms with Crippen molar-refractivity contribution in [3.63, 3.8) is 0 Å². The summed E-state index contributed by atoms with van der Waals surface area (Å²) in [5.74, 6) is 1.45. The Bertz CT molecular complexity index is 543. The van der Waals surface area contributed by atoms with E-state index in [0.29, 0.717) is 17.8 Å². The molecule has 0 aliphatic rings. The third-order valence-corrected chi connectivity index (χ3v) is 3.65. The molecule has 0 spiro atoms. The van der Waals surface area contributed by atoms with Gasteiger partial charge in [-0.3, -0.25) is 4.98 Å². The summed E-state index contributed by atoms with van der Waals surface area (Å²) in [6.45, 7) is 4.22. The molecule has 0 bridgehead atoms. The van der Waals surface area contributed by atoms with Gasteiger partial charge in [0, 0.05) is 28.5 Å². The van der Waals surface area contributed by atoms with Crippen molar-refractivity contribution in [2.24, 2.45) is 0 Å². The predicted molar refractivity (Wildman–Crippen MR) is 76.8 cm³/mol. The number of likely N-dealkylation sites (N-methyl/N-ethyl adjacent to an activating group) is 1. The number of aromatic nitrogens is 3. The molecular weight excluding hydrogens is 308 g/mol. The molecule has 19 heavy (non-hydrogen) atoms. The average molecular weight is 325 g/mol. The van der Waals surface area contributed by atoms with Crippen LogP contribution in [0.15, 0.2) is 27.5 Å². The van der Waals surface area contributed by atoms with Gasteiger partial charge in [0.05, 0.1) is 5.92 Å². The van der Waals surface area contributed by atoms with Crippen molar-refractivity contribution in [1.82, 2.24) is 20.4 Å². The quantitative estimate of drug-likeness (QED) is 0.915. The lowest BCUT2D eigenvalue weighted by molar-refractivity contribution is 0.322. The molecule has 2 aromatic heterocycles. The van der Waals surface area contributed by atoms with Crippen molar-refractivity contribution in [2.45, 2.75) is 32.2 Å². The van der Waals surface area contributed by atoms with Crippen molar-refractivity contribution in [3.05, 3.63) is 28.8 Å². The van der Waals surface area contributed by atoms with Gasteiger partial charge in [0.2, 0.25) is 11.7 Å². The van der Waals surface area contributed by atoms with Crippen LogP contribution >= 0.6 is 15.9 Å². The Labute approximate surface area is 121 Å². The summed E-state index contributed by atoms with van der Waals surface area (Å²) in [5.41, 5.74) is 0.844. The van der Waals surface area contributed by atoms with E-state index >= 15 is 0 Å². The Balaban J connectivity index is 2.28. The molecule has 0 radical (unpaired) electrons. The molecular formula is C13H17BrN4O. The zero-order chi connectivity index (χ0) is 13.8. The van der Waals surface area contributed by atoms with E-state index < -0.39 is 0 Å². The molecule has 5 nitrogen and oxygen atoms in total. The van der Waals surface area contributed by atoms with Crippen LogP contribution in [0.4, 0.5) is 0 Å². The minimum atomic E-state index is 0.214. The van der Waals surface area contributed by atoms with Crippen LogP contribution in [0.25, 0.3) is 11.4 Å². The zero-order valence-electron chi connectivity index (χ0n) is 11.2. The Morgan fingerprint density at radius 1 is 1.42 bits per heavy atom. The van der Waals surface area contributed by atoms with Crippen molar-refractivity contribution in [3.8, 4) is 11.4 Å². The van der Waals surface area contributed by atoms with Crippen molar-refractivity contribution in [2.75, 3.05) is 7.05 Å². The van der Waals surface area contributed by atoms with E-state index in [4.69, 9.17) is 4.52 Å². The van der Waals surface area contributed by atoms with Crippen LogP contribution in [-0.4, -0.2) is 28.2 Å². The second-order valence-electron chi connectivity index (χ2n) is 4.44. The summed E-state index contributed by atoms with van der Waals surface area (Å²) in [6, 6.07) is 2.21. The maximum atomic E-state index is 5.39. The van der Waals surface area contributed by atoms with Crippen LogP contribution in [0.3, 0.4) is 0 Å². The summed E-state index contributed by atoms with van der Waals surface area (Å²) >= 11 is 3.38. The molecule has 6 heteroatoms. The molecule has 2 unspecified atom stereocenters. The average Bonchev–Trinajstić information content (AvgIpc) is 2.89. The molecule has 0 saturated carbocycles. The molecule has 0 fully saturated rings. The van der Waals surface area contributed by atoms with Gasteiger partial charge in [0.15, 0.2) is 0 Å². The Morgan fingerprint density at radius 3 is 2.84 bits per heavy atom. The first-order chi connectivity index (χ1) is 9.15. The summed E-state index contributed by atoms with van der Waals surface area (Å²) < 4.78 is 6.29. The third-order valence-electron chi connectivity index (χ3n) is 3.22. The topological polar surface area (TPSA) is 63.8 Å². The fraction of sp³-hybridized carbons (Fsp3) is 0.462. The van der Waals surface area contributed by atoms with Crippen molar-refractivity contribution in [1.29, 1.82) is 0 Å². The summed E-state index contributed by atoms with van der Waals surface area (Å²) in [4.78, 5) is 8.59. The lowest BCUT2D eigenvalue weighted by atomic mass is 9.98. The van der Waals surface area contributed by atoms with Crippen molar-refractivity contribution < 1.29 is 4.52 Å². The van der Waals surface area contributed by atoms with Gasteiger partial charge in [-0.1, -0.05) is 12.1 Å². The van der Waals surface area contributed by atoms with Crippen LogP contribution in [-0.2, 0) is 0 Å². The number of nitrogens with one attached hydrogen (secondary N) is 1. The van der Waals surface area contributed by atoms with E-state index in [-0.39, 0.29) is 5.92 Å². The highest BCUT2D eigenvalue weighted by Gasteiger charge is 2.23. The van der Waals surface area contributed by atoms with Crippen LogP contribution < -0.4 is 5.32 Å². The Kier molecular flexibility index (Phi) is 4.66. The highest BCUT2D eigenvalue weighted by Crippen LogP contribution is 2.25. The summed E-state index contributed by atoms with van der Waals surface area (Å²) in [6.07, 6.45) is 4.39. The van der Waals surface area contributed by atoms with E-state index in [2.05, 4.69) is 50.2 Å². The molecule has 2 atom stereocenters. The number of hydrogen-bond donors (Lipinski definition) is 1. The molecule has 2 rings (SSSR count). The highest BCUT2D eigenvalue weighted by atomic mass is 79.9. The van der Waals surface area contributed by atoms with E-state index in [1.54, 1.807) is 12.4 Å². The van der Waals surface area contributed by atoms with Crippen molar-refractivity contribution >= 4 is 15.9 Å². The highest BCUT2D eigenvalue weighted by molar-refractivity contribution is 9.10. The number of nitrogens with zero attached hydrogens (tertiary/aromatic N) is 3. The maximum absolute atomic E-state index is 5.39. The minimum absolute atomic E-state index is 0.214. The van der Waals surface area contributed by atoms with Crippen LogP contribution in [0, 0.1) is 0 Å². The molecule has 0 aromatic carbocycles. The molecule has 0 aliphatic carbocycles. The van der Waals surface area contributed by atoms with E-state index in [0.717, 1.165) is 16.5 Å². The van der Waals surface area contributed by atoms with Crippen LogP contribution in [0.5, 0.6) is 0 Å². The summed E-state index contributed by atoms with van der Waals surface area (Å²) in [5, 5.41) is 7.26. The van der Waals surface area contributed by atoms with Crippen LogP contribution in [0.1, 0.15) is 32.1 Å². The number of halogens is 1. The molecule has 102 valence electrons. The standard InChI is InChI=1S/C13H17BrN4O/c1-4-11(8(2)15-3)13-17-12(18-19-13)9-5-10(14)7-16-6-9/h5-8,11,15H,4H2,1-3H3. The van der Waals surface area contributed by atoms with Crippen LogP contribution in [0.2, 0.25) is 0 Å². The SMILES string of the molecule is CCC(c1nc(-c2cncc(Br)c2)no1)C(C)NC. The predicted octanol–water partition coefficient (Wildman–Crippen LogP) is 3.00. The fourth-order valence-corrected chi connectivity index (χ4v) is 2.35. The summed E-state index contributed by atoms with van der Waals surface area (Å²) in [7, 11) is 1.93. The molecule has 0 amide bonds. The lowest BCUT2D eigenvalue weighted by Gasteiger charge is -2.17. The van der Waals surface area contributed by atoms with Gasteiger partial charge >= 0.3 is 0 Å². The molecule has 0 saturated heterocycles.